The van der Waals surface area contributed by atoms with Crippen LogP contribution < -0.4 is 11.2 Å². The van der Waals surface area contributed by atoms with Gasteiger partial charge in [0.15, 0.2) is 6.04 Å². The Morgan fingerprint density at radius 2 is 2.20 bits per heavy atom. The Bertz CT molecular complexity index is 634. The van der Waals surface area contributed by atoms with Gasteiger partial charge in [-0.05, 0) is 0 Å². The fourth-order valence-electron chi connectivity index (χ4n) is 1.91. The van der Waals surface area contributed by atoms with Gasteiger partial charge in [-0.3, -0.25) is 19.1 Å². The highest BCUT2D eigenvalue weighted by Crippen LogP contribution is 2.08. The summed E-state index contributed by atoms with van der Waals surface area (Å²) >= 11 is 0. The fourth-order valence-corrected chi connectivity index (χ4v) is 1.91. The molecule has 20 heavy (non-hydrogen) atoms. The van der Waals surface area contributed by atoms with Crippen molar-refractivity contribution < 1.29 is 19.4 Å². The van der Waals surface area contributed by atoms with Crippen LogP contribution in [0.4, 0.5) is 0 Å². The van der Waals surface area contributed by atoms with Gasteiger partial charge in [0.25, 0.3) is 5.56 Å². The van der Waals surface area contributed by atoms with Crippen molar-refractivity contribution in [3.05, 3.63) is 33.1 Å². The number of carboxylic acids is 1. The number of nitrogens with one attached hydrogen (secondary N) is 1. The van der Waals surface area contributed by atoms with Gasteiger partial charge in [-0.15, -0.1) is 0 Å². The van der Waals surface area contributed by atoms with Crippen LogP contribution in [-0.4, -0.2) is 57.2 Å². The van der Waals surface area contributed by atoms with Gasteiger partial charge in [-0.25, -0.2) is 9.59 Å². The van der Waals surface area contributed by atoms with Gasteiger partial charge < -0.3 is 14.7 Å². The van der Waals surface area contributed by atoms with E-state index < -0.39 is 29.2 Å². The van der Waals surface area contributed by atoms with Gasteiger partial charge >= 0.3 is 11.7 Å². The minimum absolute atomic E-state index is 0.0818. The SMILES string of the molecule is O=C(O)C1COCCN1C(=O)Cn1ccc(=O)[nH]c1=O. The summed E-state index contributed by atoms with van der Waals surface area (Å²) in [4.78, 5) is 48.7. The molecule has 1 amide bonds. The van der Waals surface area contributed by atoms with Crippen LogP contribution in [0.15, 0.2) is 21.9 Å². The Balaban J connectivity index is 2.16. The highest BCUT2D eigenvalue weighted by atomic mass is 16.5. The number of hydrogen-bond acceptors (Lipinski definition) is 5. The van der Waals surface area contributed by atoms with Crippen molar-refractivity contribution >= 4 is 11.9 Å². The second-order valence-electron chi connectivity index (χ2n) is 4.25. The van der Waals surface area contributed by atoms with E-state index in [1.807, 2.05) is 4.98 Å². The molecule has 1 unspecified atom stereocenters. The average molecular weight is 283 g/mol. The number of carboxylic acid groups (broad SMARTS) is 1. The zero-order valence-electron chi connectivity index (χ0n) is 10.4. The molecule has 0 radical (unpaired) electrons. The second kappa shape index (κ2) is 5.70. The molecule has 1 aliphatic rings. The molecule has 108 valence electrons. The maximum atomic E-state index is 12.1. The second-order valence-corrected chi connectivity index (χ2v) is 4.25. The van der Waals surface area contributed by atoms with Crippen LogP contribution in [0.2, 0.25) is 0 Å². The largest absolute Gasteiger partial charge is 0.480 e. The zero-order valence-corrected chi connectivity index (χ0v) is 10.4. The predicted molar refractivity (Wildman–Crippen MR) is 65.3 cm³/mol. The van der Waals surface area contributed by atoms with Crippen molar-refractivity contribution in [2.24, 2.45) is 0 Å². The fraction of sp³-hybridized carbons (Fsp3) is 0.455. The van der Waals surface area contributed by atoms with Gasteiger partial charge in [0, 0.05) is 18.8 Å². The molecule has 2 N–H and O–H groups in total. The number of rotatable bonds is 3. The van der Waals surface area contributed by atoms with E-state index in [2.05, 4.69) is 0 Å². The molecule has 0 saturated carbocycles. The Kier molecular flexibility index (Phi) is 3.99. The third-order valence-corrected chi connectivity index (χ3v) is 2.94. The maximum Gasteiger partial charge on any atom is 0.328 e. The summed E-state index contributed by atoms with van der Waals surface area (Å²) in [7, 11) is 0. The van der Waals surface area contributed by atoms with Crippen molar-refractivity contribution in [2.75, 3.05) is 19.8 Å². The summed E-state index contributed by atoms with van der Waals surface area (Å²) in [6.45, 7) is -0.0229. The molecule has 2 rings (SSSR count). The summed E-state index contributed by atoms with van der Waals surface area (Å²) in [5.74, 6) is -1.68. The number of hydrogen-bond donors (Lipinski definition) is 2. The summed E-state index contributed by atoms with van der Waals surface area (Å²) in [6, 6.07) is 0.0533. The normalized spacial score (nSPS) is 18.8. The van der Waals surface area contributed by atoms with Crippen molar-refractivity contribution in [3.8, 4) is 0 Å². The molecular formula is C11H13N3O6. The lowest BCUT2D eigenvalue weighted by Crippen LogP contribution is -2.54. The smallest absolute Gasteiger partial charge is 0.328 e. The van der Waals surface area contributed by atoms with Crippen LogP contribution in [0.25, 0.3) is 0 Å². The lowest BCUT2D eigenvalue weighted by Gasteiger charge is -2.32. The van der Waals surface area contributed by atoms with Crippen molar-refractivity contribution in [1.82, 2.24) is 14.5 Å². The number of amides is 1. The summed E-state index contributed by atoms with van der Waals surface area (Å²) in [5.41, 5.74) is -1.28. The Hall–Kier alpha value is -2.42. The summed E-state index contributed by atoms with van der Waals surface area (Å²) < 4.78 is 6.03. The topological polar surface area (TPSA) is 122 Å². The number of ether oxygens (including phenoxy) is 1. The lowest BCUT2D eigenvalue weighted by atomic mass is 10.2. The molecule has 1 aromatic rings. The quantitative estimate of drug-likeness (QED) is 0.652. The average Bonchev–Trinajstić information content (AvgIpc) is 2.41. The van der Waals surface area contributed by atoms with Gasteiger partial charge in [0.05, 0.1) is 13.2 Å². The standard InChI is InChI=1S/C11H13N3O6/c15-8-1-2-13(11(19)12-8)5-9(16)14-3-4-20-6-7(14)10(17)18/h1-2,7H,3-6H2,(H,17,18)(H,12,15,19). The molecule has 0 aliphatic carbocycles. The number of morpholine rings is 1. The van der Waals surface area contributed by atoms with Crippen LogP contribution in [0, 0.1) is 0 Å². The molecule has 2 heterocycles. The van der Waals surface area contributed by atoms with E-state index in [0.717, 1.165) is 15.5 Å². The Morgan fingerprint density at radius 3 is 2.85 bits per heavy atom. The molecule has 1 atom stereocenters. The predicted octanol–water partition coefficient (Wildman–Crippen LogP) is -2.15. The van der Waals surface area contributed by atoms with E-state index >= 15 is 0 Å². The Morgan fingerprint density at radius 1 is 1.45 bits per heavy atom. The first kappa shape index (κ1) is 14.0. The summed E-state index contributed by atoms with van der Waals surface area (Å²) in [6.07, 6.45) is 1.19. The van der Waals surface area contributed by atoms with E-state index in [4.69, 9.17) is 9.84 Å². The van der Waals surface area contributed by atoms with Gasteiger partial charge in [-0.2, -0.15) is 0 Å². The van der Waals surface area contributed by atoms with E-state index in [1.165, 1.54) is 6.20 Å². The zero-order chi connectivity index (χ0) is 14.7. The highest BCUT2D eigenvalue weighted by molar-refractivity contribution is 5.83. The van der Waals surface area contributed by atoms with E-state index in [1.54, 1.807) is 0 Å². The first-order chi connectivity index (χ1) is 9.49. The molecule has 1 aliphatic heterocycles. The van der Waals surface area contributed by atoms with Crippen LogP contribution in [0.1, 0.15) is 0 Å². The number of nitrogens with zero attached hydrogens (tertiary/aromatic N) is 2. The van der Waals surface area contributed by atoms with Gasteiger partial charge in [0.2, 0.25) is 5.91 Å². The molecule has 9 nitrogen and oxygen atoms in total. The number of aromatic nitrogens is 2. The van der Waals surface area contributed by atoms with Gasteiger partial charge in [-0.1, -0.05) is 0 Å². The highest BCUT2D eigenvalue weighted by Gasteiger charge is 2.32. The van der Waals surface area contributed by atoms with E-state index in [9.17, 15) is 19.2 Å². The number of aliphatic carboxylic acids is 1. The molecule has 9 heteroatoms. The number of carbonyl (C=O) groups is 2. The van der Waals surface area contributed by atoms with Crippen LogP contribution in [0.3, 0.4) is 0 Å². The lowest BCUT2D eigenvalue weighted by molar-refractivity contribution is -0.158. The van der Waals surface area contributed by atoms with E-state index in [0.29, 0.717) is 0 Å². The van der Waals surface area contributed by atoms with Crippen molar-refractivity contribution in [3.63, 3.8) is 0 Å². The number of H-pyrrole nitrogens is 1. The van der Waals surface area contributed by atoms with Crippen LogP contribution in [-0.2, 0) is 20.9 Å². The van der Waals surface area contributed by atoms with E-state index in [-0.39, 0.29) is 26.3 Å². The first-order valence-electron chi connectivity index (χ1n) is 5.89. The van der Waals surface area contributed by atoms with Crippen molar-refractivity contribution in [2.45, 2.75) is 12.6 Å². The molecule has 1 saturated heterocycles. The maximum absolute atomic E-state index is 12.1. The molecule has 0 aromatic carbocycles. The van der Waals surface area contributed by atoms with Crippen LogP contribution >= 0.6 is 0 Å². The van der Waals surface area contributed by atoms with Crippen molar-refractivity contribution in [1.29, 1.82) is 0 Å². The number of carbonyl (C=O) groups excluding carboxylic acids is 1. The third-order valence-electron chi connectivity index (χ3n) is 2.94. The first-order valence-corrected chi connectivity index (χ1v) is 5.89. The summed E-state index contributed by atoms with van der Waals surface area (Å²) in [5, 5.41) is 9.02. The Labute approximate surface area is 112 Å². The minimum Gasteiger partial charge on any atom is -0.480 e. The van der Waals surface area contributed by atoms with Gasteiger partial charge in [0.1, 0.15) is 6.54 Å². The molecule has 0 bridgehead atoms. The molecule has 1 aromatic heterocycles. The molecular weight excluding hydrogens is 270 g/mol. The molecule has 0 spiro atoms. The van der Waals surface area contributed by atoms with Crippen LogP contribution in [0.5, 0.6) is 0 Å². The monoisotopic (exact) mass is 283 g/mol. The third kappa shape index (κ3) is 2.94. The molecule has 1 fully saturated rings. The minimum atomic E-state index is -1.16. The number of aromatic amines is 1.